The molecule has 1 aliphatic rings. The smallest absolute Gasteiger partial charge is 0.223 e. The molecule has 2 aromatic heterocycles. The van der Waals surface area contributed by atoms with E-state index in [1.807, 2.05) is 29.6 Å². The number of thiophene rings is 2. The van der Waals surface area contributed by atoms with Crippen LogP contribution in [0.2, 0.25) is 0 Å². The van der Waals surface area contributed by atoms with Gasteiger partial charge in [-0.15, -0.1) is 22.7 Å². The van der Waals surface area contributed by atoms with Gasteiger partial charge in [-0.25, -0.2) is 4.39 Å². The van der Waals surface area contributed by atoms with Crippen LogP contribution in [0.25, 0.3) is 9.75 Å². The Kier molecular flexibility index (Phi) is 4.65. The third-order valence-corrected chi connectivity index (χ3v) is 7.18. The third kappa shape index (κ3) is 2.98. The van der Waals surface area contributed by atoms with Crippen molar-refractivity contribution in [1.29, 1.82) is 0 Å². The predicted octanol–water partition coefficient (Wildman–Crippen LogP) is 4.66. The molecule has 6 heteroatoms. The summed E-state index contributed by atoms with van der Waals surface area (Å²) in [6, 6.07) is 14.0. The van der Waals surface area contributed by atoms with Gasteiger partial charge in [0.2, 0.25) is 5.91 Å². The Balaban J connectivity index is 1.67. The van der Waals surface area contributed by atoms with Gasteiger partial charge in [-0.1, -0.05) is 24.3 Å². The minimum absolute atomic E-state index is 0.0719. The molecule has 1 aromatic carbocycles. The number of amides is 1. The maximum atomic E-state index is 14.3. The van der Waals surface area contributed by atoms with E-state index >= 15 is 0 Å². The molecule has 3 aromatic rings. The van der Waals surface area contributed by atoms with Crippen molar-refractivity contribution in [3.8, 4) is 9.75 Å². The van der Waals surface area contributed by atoms with Gasteiger partial charge in [-0.3, -0.25) is 4.79 Å². The van der Waals surface area contributed by atoms with Crippen LogP contribution in [0.5, 0.6) is 0 Å². The summed E-state index contributed by atoms with van der Waals surface area (Å²) < 4.78 is 14.3. The van der Waals surface area contributed by atoms with Crippen LogP contribution < -0.4 is 0 Å². The molecule has 3 atom stereocenters. The van der Waals surface area contributed by atoms with Gasteiger partial charge in [-0.2, -0.15) is 0 Å². The van der Waals surface area contributed by atoms with Crippen LogP contribution in [0.15, 0.2) is 53.9 Å². The fraction of sp³-hybridized carbons (Fsp3) is 0.250. The molecule has 1 unspecified atom stereocenters. The van der Waals surface area contributed by atoms with Crippen molar-refractivity contribution in [3.05, 3.63) is 70.2 Å². The number of rotatable bonds is 4. The summed E-state index contributed by atoms with van der Waals surface area (Å²) in [6.45, 7) is 0. The Morgan fingerprint density at radius 1 is 1.15 bits per heavy atom. The molecule has 4 rings (SSSR count). The molecule has 0 bridgehead atoms. The molecule has 0 saturated carbocycles. The maximum absolute atomic E-state index is 14.3. The minimum atomic E-state index is -0.852. The van der Waals surface area contributed by atoms with Crippen molar-refractivity contribution >= 4 is 28.6 Å². The number of aliphatic hydroxyl groups excluding tert-OH is 1. The number of carbonyl (C=O) groups excluding carboxylic acids is 1. The number of nitrogens with zero attached hydrogens (tertiary/aromatic N) is 1. The number of hydrogen-bond donors (Lipinski definition) is 1. The zero-order valence-corrected chi connectivity index (χ0v) is 15.8. The molecule has 3 heterocycles. The monoisotopic (exact) mass is 387 g/mol. The topological polar surface area (TPSA) is 40.5 Å². The lowest BCUT2D eigenvalue weighted by molar-refractivity contribution is -0.128. The number of aliphatic hydroxyl groups is 1. The SMILES string of the molecule is CN1C(=O)C[C@H](c2ccccc2F)[C@@H]1C(O)c1ccc(-c2cccs2)s1. The molecule has 0 radical (unpaired) electrons. The standard InChI is InChI=1S/C20H18FNO2S2/c1-22-18(23)11-13(12-5-2-3-6-14(12)21)19(22)20(24)17-9-8-16(26-17)15-7-4-10-25-15/h2-10,13,19-20,24H,11H2,1H3/t13-,19-,20?/m1/s1. The van der Waals surface area contributed by atoms with Crippen LogP contribution in [-0.2, 0) is 4.79 Å². The van der Waals surface area contributed by atoms with E-state index in [-0.39, 0.29) is 24.1 Å². The van der Waals surface area contributed by atoms with Gasteiger partial charge in [0.1, 0.15) is 11.9 Å². The average Bonchev–Trinajstić information content (AvgIpc) is 3.36. The Labute approximate surface area is 159 Å². The first-order valence-electron chi connectivity index (χ1n) is 8.38. The zero-order chi connectivity index (χ0) is 18.3. The van der Waals surface area contributed by atoms with E-state index in [4.69, 9.17) is 0 Å². The fourth-order valence-corrected chi connectivity index (χ4v) is 5.49. The van der Waals surface area contributed by atoms with E-state index < -0.39 is 12.1 Å². The summed E-state index contributed by atoms with van der Waals surface area (Å²) in [5, 5.41) is 13.1. The van der Waals surface area contributed by atoms with Crippen molar-refractivity contribution in [2.24, 2.45) is 0 Å². The van der Waals surface area contributed by atoms with Crippen LogP contribution >= 0.6 is 22.7 Å². The Hall–Kier alpha value is -2.02. The fourth-order valence-electron chi connectivity index (χ4n) is 3.62. The Morgan fingerprint density at radius 2 is 1.96 bits per heavy atom. The van der Waals surface area contributed by atoms with Gasteiger partial charge >= 0.3 is 0 Å². The molecular weight excluding hydrogens is 369 g/mol. The molecule has 1 N–H and O–H groups in total. The van der Waals surface area contributed by atoms with E-state index in [0.717, 1.165) is 14.6 Å². The van der Waals surface area contributed by atoms with Gasteiger partial charge in [0, 0.05) is 34.0 Å². The largest absolute Gasteiger partial charge is 0.385 e. The number of likely N-dealkylation sites (N-methyl/N-ethyl adjacent to an activating group) is 1. The second kappa shape index (κ2) is 6.95. The summed E-state index contributed by atoms with van der Waals surface area (Å²) >= 11 is 3.17. The van der Waals surface area contributed by atoms with Crippen LogP contribution in [0, 0.1) is 5.82 Å². The van der Waals surface area contributed by atoms with E-state index in [9.17, 15) is 14.3 Å². The first-order chi connectivity index (χ1) is 12.6. The number of likely N-dealkylation sites (tertiary alicyclic amines) is 1. The van der Waals surface area contributed by atoms with Crippen LogP contribution in [-0.4, -0.2) is 29.0 Å². The van der Waals surface area contributed by atoms with Gasteiger partial charge < -0.3 is 10.0 Å². The van der Waals surface area contributed by atoms with Crippen LogP contribution in [0.1, 0.15) is 28.9 Å². The molecular formula is C20H18FNO2S2. The first-order valence-corrected chi connectivity index (χ1v) is 10.1. The van der Waals surface area contributed by atoms with Crippen molar-refractivity contribution < 1.29 is 14.3 Å². The van der Waals surface area contributed by atoms with Crippen LogP contribution in [0.3, 0.4) is 0 Å². The molecule has 26 heavy (non-hydrogen) atoms. The summed E-state index contributed by atoms with van der Waals surface area (Å²) in [5.41, 5.74) is 0.490. The van der Waals surface area contributed by atoms with Crippen molar-refractivity contribution in [3.63, 3.8) is 0 Å². The quantitative estimate of drug-likeness (QED) is 0.707. The lowest BCUT2D eigenvalue weighted by Crippen LogP contribution is -2.36. The molecule has 3 nitrogen and oxygen atoms in total. The molecule has 134 valence electrons. The summed E-state index contributed by atoms with van der Waals surface area (Å²) in [7, 11) is 1.69. The van der Waals surface area contributed by atoms with Gasteiger partial charge in [0.05, 0.1) is 6.04 Å². The van der Waals surface area contributed by atoms with Gasteiger partial charge in [0.15, 0.2) is 0 Å². The highest BCUT2D eigenvalue weighted by molar-refractivity contribution is 7.21. The lowest BCUT2D eigenvalue weighted by atomic mass is 9.88. The van der Waals surface area contributed by atoms with Crippen LogP contribution in [0.4, 0.5) is 4.39 Å². The third-order valence-electron chi connectivity index (χ3n) is 4.96. The molecule has 1 saturated heterocycles. The molecule has 0 spiro atoms. The molecule has 1 aliphatic heterocycles. The average molecular weight is 388 g/mol. The predicted molar refractivity (Wildman–Crippen MR) is 103 cm³/mol. The first kappa shape index (κ1) is 17.4. The Morgan fingerprint density at radius 3 is 2.69 bits per heavy atom. The van der Waals surface area contributed by atoms with E-state index in [1.165, 1.54) is 17.4 Å². The minimum Gasteiger partial charge on any atom is -0.385 e. The molecule has 0 aliphatic carbocycles. The van der Waals surface area contributed by atoms with Crippen molar-refractivity contribution in [2.75, 3.05) is 7.05 Å². The molecule has 1 amide bonds. The second-order valence-electron chi connectivity index (χ2n) is 6.45. The number of carbonyl (C=O) groups is 1. The number of hydrogen-bond acceptors (Lipinski definition) is 4. The van der Waals surface area contributed by atoms with Crippen molar-refractivity contribution in [2.45, 2.75) is 24.5 Å². The number of halogens is 1. The zero-order valence-electron chi connectivity index (χ0n) is 14.1. The molecule has 1 fully saturated rings. The summed E-state index contributed by atoms with van der Waals surface area (Å²) in [5.74, 6) is -0.767. The number of benzene rings is 1. The maximum Gasteiger partial charge on any atom is 0.223 e. The van der Waals surface area contributed by atoms with E-state index in [1.54, 1.807) is 41.5 Å². The highest BCUT2D eigenvalue weighted by atomic mass is 32.1. The van der Waals surface area contributed by atoms with Crippen molar-refractivity contribution in [1.82, 2.24) is 4.90 Å². The van der Waals surface area contributed by atoms with E-state index in [2.05, 4.69) is 0 Å². The Bertz CT molecular complexity index is 922. The second-order valence-corrected chi connectivity index (χ2v) is 8.51. The summed E-state index contributed by atoms with van der Waals surface area (Å²) in [4.78, 5) is 16.9. The lowest BCUT2D eigenvalue weighted by Gasteiger charge is -2.29. The normalized spacial score (nSPS) is 21.3. The van der Waals surface area contributed by atoms with E-state index in [0.29, 0.717) is 5.56 Å². The highest BCUT2D eigenvalue weighted by Crippen LogP contribution is 2.43. The van der Waals surface area contributed by atoms with Gasteiger partial charge in [-0.05, 0) is 35.2 Å². The highest BCUT2D eigenvalue weighted by Gasteiger charge is 2.44. The van der Waals surface area contributed by atoms with Gasteiger partial charge in [0.25, 0.3) is 0 Å². The summed E-state index contributed by atoms with van der Waals surface area (Å²) in [6.07, 6.45) is -0.641.